The molecule has 1 aromatic heterocycles. The SMILES string of the molecule is COc1cc(C2NC(=O)c3c(sc(C)c3C)N2)ccc1OC(=O)c1ccc(Cl)cc1Cl. The highest BCUT2D eigenvalue weighted by atomic mass is 35.5. The summed E-state index contributed by atoms with van der Waals surface area (Å²) in [5.41, 5.74) is 2.60. The van der Waals surface area contributed by atoms with Gasteiger partial charge in [-0.25, -0.2) is 4.79 Å². The van der Waals surface area contributed by atoms with E-state index in [1.54, 1.807) is 35.6 Å². The molecule has 2 heterocycles. The summed E-state index contributed by atoms with van der Waals surface area (Å²) in [5, 5.41) is 7.75. The van der Waals surface area contributed by atoms with Gasteiger partial charge in [0.2, 0.25) is 0 Å². The fourth-order valence-corrected chi connectivity index (χ4v) is 4.87. The molecule has 0 fully saturated rings. The third-order valence-corrected chi connectivity index (χ3v) is 6.72. The van der Waals surface area contributed by atoms with Gasteiger partial charge in [0.15, 0.2) is 11.5 Å². The maximum atomic E-state index is 12.6. The van der Waals surface area contributed by atoms with Crippen LogP contribution in [0.1, 0.15) is 42.9 Å². The van der Waals surface area contributed by atoms with Gasteiger partial charge in [-0.1, -0.05) is 29.3 Å². The highest BCUT2D eigenvalue weighted by Crippen LogP contribution is 2.39. The average molecular weight is 477 g/mol. The van der Waals surface area contributed by atoms with Crippen LogP contribution < -0.4 is 20.1 Å². The highest BCUT2D eigenvalue weighted by Gasteiger charge is 2.29. The predicted molar refractivity (Wildman–Crippen MR) is 122 cm³/mol. The van der Waals surface area contributed by atoms with E-state index in [0.29, 0.717) is 16.3 Å². The van der Waals surface area contributed by atoms with Gasteiger partial charge in [0.25, 0.3) is 5.91 Å². The van der Waals surface area contributed by atoms with Crippen LogP contribution in [0, 0.1) is 13.8 Å². The molecule has 0 saturated carbocycles. The Kier molecular flexibility index (Phi) is 5.83. The van der Waals surface area contributed by atoms with Crippen molar-refractivity contribution in [2.45, 2.75) is 20.0 Å². The molecule has 1 unspecified atom stereocenters. The monoisotopic (exact) mass is 476 g/mol. The normalized spacial score (nSPS) is 15.0. The van der Waals surface area contributed by atoms with E-state index >= 15 is 0 Å². The van der Waals surface area contributed by atoms with Crippen LogP contribution in [0.5, 0.6) is 11.5 Å². The van der Waals surface area contributed by atoms with Crippen molar-refractivity contribution in [3.63, 3.8) is 0 Å². The van der Waals surface area contributed by atoms with E-state index in [1.165, 1.54) is 19.2 Å². The van der Waals surface area contributed by atoms with Gasteiger partial charge in [-0.15, -0.1) is 11.3 Å². The third kappa shape index (κ3) is 4.08. The molecule has 4 rings (SSSR count). The van der Waals surface area contributed by atoms with Crippen molar-refractivity contribution in [2.24, 2.45) is 0 Å². The van der Waals surface area contributed by atoms with Gasteiger partial charge >= 0.3 is 5.97 Å². The number of hydrogen-bond acceptors (Lipinski definition) is 6. The summed E-state index contributed by atoms with van der Waals surface area (Å²) in [6, 6.07) is 9.61. The zero-order valence-corrected chi connectivity index (χ0v) is 19.2. The molecule has 0 radical (unpaired) electrons. The largest absolute Gasteiger partial charge is 0.493 e. The minimum atomic E-state index is -0.633. The van der Waals surface area contributed by atoms with Crippen molar-refractivity contribution in [2.75, 3.05) is 12.4 Å². The number of amides is 1. The molecule has 2 aromatic carbocycles. The smallest absolute Gasteiger partial charge is 0.345 e. The first-order chi connectivity index (χ1) is 14.8. The number of rotatable bonds is 4. The highest BCUT2D eigenvalue weighted by molar-refractivity contribution is 7.16. The first-order valence-corrected chi connectivity index (χ1v) is 10.9. The molecule has 0 aliphatic carbocycles. The summed E-state index contributed by atoms with van der Waals surface area (Å²) >= 11 is 13.5. The average Bonchev–Trinajstić information content (AvgIpc) is 3.02. The van der Waals surface area contributed by atoms with E-state index in [9.17, 15) is 9.59 Å². The van der Waals surface area contributed by atoms with Crippen molar-refractivity contribution in [3.8, 4) is 11.5 Å². The second kappa shape index (κ2) is 8.42. The molecule has 0 bridgehead atoms. The molecule has 31 heavy (non-hydrogen) atoms. The maximum Gasteiger partial charge on any atom is 0.345 e. The van der Waals surface area contributed by atoms with Crippen molar-refractivity contribution in [1.29, 1.82) is 0 Å². The third-order valence-electron chi connectivity index (χ3n) is 5.04. The molecule has 2 N–H and O–H groups in total. The summed E-state index contributed by atoms with van der Waals surface area (Å²) in [5.74, 6) is -0.192. The van der Waals surface area contributed by atoms with Crippen molar-refractivity contribution in [3.05, 3.63) is 73.6 Å². The van der Waals surface area contributed by atoms with Crippen LogP contribution in [0.2, 0.25) is 10.0 Å². The number of carbonyl (C=O) groups is 2. The summed E-state index contributed by atoms with van der Waals surface area (Å²) in [6.45, 7) is 3.92. The first-order valence-electron chi connectivity index (χ1n) is 9.31. The zero-order chi connectivity index (χ0) is 22.3. The Morgan fingerprint density at radius 2 is 1.84 bits per heavy atom. The lowest BCUT2D eigenvalue weighted by Crippen LogP contribution is -2.38. The number of fused-ring (bicyclic) bond motifs is 1. The lowest BCUT2D eigenvalue weighted by Gasteiger charge is -2.27. The number of benzene rings is 2. The number of carbonyl (C=O) groups excluding carboxylic acids is 2. The molecule has 1 amide bonds. The standard InChI is InChI=1S/C22H18Cl2N2O4S/c1-10-11(2)31-21-18(10)20(27)25-19(26-21)12-4-7-16(17(8-12)29-3)30-22(28)14-6-5-13(23)9-15(14)24/h4-9,19,26H,1-3H3,(H,25,27). The Hall–Kier alpha value is -2.74. The molecular formula is C22H18Cl2N2O4S. The van der Waals surface area contributed by atoms with E-state index in [4.69, 9.17) is 32.7 Å². The fourth-order valence-electron chi connectivity index (χ4n) is 3.30. The number of anilines is 1. The van der Waals surface area contributed by atoms with Crippen LogP contribution >= 0.6 is 34.5 Å². The number of halogens is 2. The molecule has 0 spiro atoms. The number of nitrogens with one attached hydrogen (secondary N) is 2. The maximum absolute atomic E-state index is 12.6. The first kappa shape index (κ1) is 21.5. The van der Waals surface area contributed by atoms with E-state index in [-0.39, 0.29) is 22.2 Å². The lowest BCUT2D eigenvalue weighted by molar-refractivity contribution is 0.0729. The van der Waals surface area contributed by atoms with Crippen LogP contribution in [-0.2, 0) is 0 Å². The zero-order valence-electron chi connectivity index (χ0n) is 16.8. The van der Waals surface area contributed by atoms with Crippen LogP contribution in [0.4, 0.5) is 5.00 Å². The Balaban J connectivity index is 1.58. The van der Waals surface area contributed by atoms with E-state index in [0.717, 1.165) is 21.0 Å². The Morgan fingerprint density at radius 1 is 1.06 bits per heavy atom. The van der Waals surface area contributed by atoms with Crippen LogP contribution in [0.25, 0.3) is 0 Å². The van der Waals surface area contributed by atoms with Gasteiger partial charge in [-0.05, 0) is 55.3 Å². The van der Waals surface area contributed by atoms with Crippen molar-refractivity contribution >= 4 is 51.4 Å². The topological polar surface area (TPSA) is 76.7 Å². The number of aryl methyl sites for hydroxylation is 1. The van der Waals surface area contributed by atoms with E-state index in [2.05, 4.69) is 10.6 Å². The number of ether oxygens (including phenoxy) is 2. The number of methoxy groups -OCH3 is 1. The number of esters is 1. The van der Waals surface area contributed by atoms with Crippen LogP contribution in [0.3, 0.4) is 0 Å². The van der Waals surface area contributed by atoms with Gasteiger partial charge in [-0.3, -0.25) is 4.79 Å². The fraction of sp³-hybridized carbons (Fsp3) is 0.182. The molecule has 1 aliphatic rings. The minimum Gasteiger partial charge on any atom is -0.493 e. The van der Waals surface area contributed by atoms with Gasteiger partial charge in [0.1, 0.15) is 11.2 Å². The van der Waals surface area contributed by atoms with E-state index in [1.807, 2.05) is 13.8 Å². The lowest BCUT2D eigenvalue weighted by atomic mass is 10.1. The minimum absolute atomic E-state index is 0.132. The predicted octanol–water partition coefficient (Wildman–Crippen LogP) is 5.75. The molecule has 6 nitrogen and oxygen atoms in total. The van der Waals surface area contributed by atoms with Crippen molar-refractivity contribution < 1.29 is 19.1 Å². The quantitative estimate of drug-likeness (QED) is 0.370. The van der Waals surface area contributed by atoms with Gasteiger partial charge in [0.05, 0.1) is 23.3 Å². The summed E-state index contributed by atoms with van der Waals surface area (Å²) in [7, 11) is 1.47. The van der Waals surface area contributed by atoms with Gasteiger partial charge in [-0.2, -0.15) is 0 Å². The molecule has 0 saturated heterocycles. The summed E-state index contributed by atoms with van der Waals surface area (Å²) in [4.78, 5) is 26.2. The summed E-state index contributed by atoms with van der Waals surface area (Å²) in [6.07, 6.45) is -0.443. The van der Waals surface area contributed by atoms with Crippen LogP contribution in [0.15, 0.2) is 36.4 Å². The van der Waals surface area contributed by atoms with Crippen molar-refractivity contribution in [1.82, 2.24) is 5.32 Å². The molecule has 9 heteroatoms. The number of hydrogen-bond donors (Lipinski definition) is 2. The second-order valence-electron chi connectivity index (χ2n) is 6.96. The molecule has 3 aromatic rings. The summed E-state index contributed by atoms with van der Waals surface area (Å²) < 4.78 is 10.9. The Labute approximate surface area is 193 Å². The second-order valence-corrected chi connectivity index (χ2v) is 9.03. The Bertz CT molecular complexity index is 1210. The van der Waals surface area contributed by atoms with Gasteiger partial charge in [0, 0.05) is 9.90 Å². The molecule has 160 valence electrons. The Morgan fingerprint density at radius 3 is 2.55 bits per heavy atom. The molecule has 1 atom stereocenters. The van der Waals surface area contributed by atoms with E-state index < -0.39 is 12.1 Å². The van der Waals surface area contributed by atoms with Gasteiger partial charge < -0.3 is 20.1 Å². The number of thiophene rings is 1. The van der Waals surface area contributed by atoms with Crippen LogP contribution in [-0.4, -0.2) is 19.0 Å². The molecule has 1 aliphatic heterocycles. The molecular weight excluding hydrogens is 459 g/mol.